The van der Waals surface area contributed by atoms with Gasteiger partial charge in [-0.15, -0.1) is 0 Å². The molecule has 3 heterocycles. The van der Waals surface area contributed by atoms with Crippen LogP contribution in [0.4, 0.5) is 0 Å². The van der Waals surface area contributed by atoms with Gasteiger partial charge in [-0.25, -0.2) is 19.1 Å². The maximum atomic E-state index is 13.4. The Morgan fingerprint density at radius 1 is 1.06 bits per heavy atom. The van der Waals surface area contributed by atoms with E-state index in [-0.39, 0.29) is 36.2 Å². The van der Waals surface area contributed by atoms with Crippen molar-refractivity contribution in [3.05, 3.63) is 81.3 Å². The van der Waals surface area contributed by atoms with Crippen LogP contribution in [0.1, 0.15) is 19.4 Å². The van der Waals surface area contributed by atoms with Gasteiger partial charge in [0.1, 0.15) is 12.3 Å². The molecule has 2 aromatic heterocycles. The van der Waals surface area contributed by atoms with E-state index in [0.717, 1.165) is 10.1 Å². The zero-order valence-corrected chi connectivity index (χ0v) is 19.3. The highest BCUT2D eigenvalue weighted by atomic mass is 16.7. The maximum Gasteiger partial charge on any atom is 0.333 e. The predicted octanol–water partition coefficient (Wildman–Crippen LogP) is 2.40. The molecule has 1 aliphatic heterocycles. The summed E-state index contributed by atoms with van der Waals surface area (Å²) in [7, 11) is 0. The first-order chi connectivity index (χ1) is 16.9. The molecule has 0 spiro atoms. The molecule has 0 unspecified atom stereocenters. The van der Waals surface area contributed by atoms with Gasteiger partial charge in [-0.1, -0.05) is 44.2 Å². The molecule has 0 fully saturated rings. The van der Waals surface area contributed by atoms with E-state index in [2.05, 4.69) is 4.98 Å². The molecule has 10 heteroatoms. The highest BCUT2D eigenvalue weighted by Crippen LogP contribution is 2.35. The van der Waals surface area contributed by atoms with Gasteiger partial charge in [0.15, 0.2) is 22.7 Å². The standard InChI is InChI=1S/C25H24N4O6/c1-16(2)11-27-14-26-23-22(27)24(31)29(25(32)28(23)12-17-6-4-3-5-7-17)13-21(30)35-18-8-9-19-20(10-18)34-15-33-19/h3-10,14,16H,11-13,15H2,1-2H3. The third-order valence-corrected chi connectivity index (χ3v) is 5.59. The fourth-order valence-electron chi connectivity index (χ4n) is 4.05. The van der Waals surface area contributed by atoms with Crippen LogP contribution in [0.2, 0.25) is 0 Å². The number of ether oxygens (including phenoxy) is 3. The number of imidazole rings is 1. The SMILES string of the molecule is CC(C)Cn1cnc2c1c(=O)n(CC(=O)Oc1ccc3c(c1)OCO3)c(=O)n2Cc1ccccc1. The number of hydrogen-bond acceptors (Lipinski definition) is 7. The lowest BCUT2D eigenvalue weighted by molar-refractivity contribution is -0.135. The number of benzene rings is 2. The molecule has 0 amide bonds. The minimum absolute atomic E-state index is 0.0904. The summed E-state index contributed by atoms with van der Waals surface area (Å²) >= 11 is 0. The first-order valence-corrected chi connectivity index (χ1v) is 11.2. The van der Waals surface area contributed by atoms with Crippen molar-refractivity contribution in [3.8, 4) is 17.2 Å². The van der Waals surface area contributed by atoms with Gasteiger partial charge < -0.3 is 18.8 Å². The van der Waals surface area contributed by atoms with Gasteiger partial charge in [-0.05, 0) is 23.6 Å². The Morgan fingerprint density at radius 2 is 1.83 bits per heavy atom. The Labute approximate surface area is 199 Å². The second-order valence-electron chi connectivity index (χ2n) is 8.70. The van der Waals surface area contributed by atoms with Crippen LogP contribution in [-0.4, -0.2) is 31.4 Å². The molecule has 0 atom stereocenters. The summed E-state index contributed by atoms with van der Waals surface area (Å²) in [6.07, 6.45) is 1.56. The average molecular weight is 476 g/mol. The number of carbonyl (C=O) groups excluding carboxylic acids is 1. The van der Waals surface area contributed by atoms with Crippen molar-refractivity contribution in [1.29, 1.82) is 0 Å². The van der Waals surface area contributed by atoms with Crippen molar-refractivity contribution >= 4 is 17.1 Å². The van der Waals surface area contributed by atoms with E-state index < -0.39 is 23.8 Å². The average Bonchev–Trinajstić information content (AvgIpc) is 3.46. The molecule has 4 aromatic rings. The Hall–Kier alpha value is -4.34. The van der Waals surface area contributed by atoms with Gasteiger partial charge in [0, 0.05) is 12.6 Å². The van der Waals surface area contributed by atoms with Crippen LogP contribution >= 0.6 is 0 Å². The Morgan fingerprint density at radius 3 is 2.60 bits per heavy atom. The minimum atomic E-state index is -0.761. The molecule has 0 N–H and O–H groups in total. The van der Waals surface area contributed by atoms with Gasteiger partial charge in [0.25, 0.3) is 5.56 Å². The topological polar surface area (TPSA) is 107 Å². The Balaban J connectivity index is 1.54. The largest absolute Gasteiger partial charge is 0.454 e. The van der Waals surface area contributed by atoms with Crippen LogP contribution in [0.5, 0.6) is 17.2 Å². The number of rotatable bonds is 7. The number of nitrogens with zero attached hydrogens (tertiary/aromatic N) is 4. The summed E-state index contributed by atoms with van der Waals surface area (Å²) in [6.45, 7) is 4.32. The Kier molecular flexibility index (Phi) is 5.86. The summed E-state index contributed by atoms with van der Waals surface area (Å²) in [5.41, 5.74) is 0.191. The van der Waals surface area contributed by atoms with Crippen LogP contribution in [0.3, 0.4) is 0 Å². The normalized spacial score (nSPS) is 12.4. The zero-order chi connectivity index (χ0) is 24.5. The maximum absolute atomic E-state index is 13.4. The van der Waals surface area contributed by atoms with Crippen molar-refractivity contribution in [3.63, 3.8) is 0 Å². The van der Waals surface area contributed by atoms with Crippen LogP contribution in [-0.2, 0) is 24.4 Å². The van der Waals surface area contributed by atoms with E-state index in [1.54, 1.807) is 23.0 Å². The molecule has 2 aromatic carbocycles. The van der Waals surface area contributed by atoms with Gasteiger partial charge in [-0.3, -0.25) is 9.36 Å². The summed E-state index contributed by atoms with van der Waals surface area (Å²) in [5, 5.41) is 0. The third-order valence-electron chi connectivity index (χ3n) is 5.59. The van der Waals surface area contributed by atoms with E-state index in [1.807, 2.05) is 44.2 Å². The number of aromatic nitrogens is 4. The summed E-state index contributed by atoms with van der Waals surface area (Å²) < 4.78 is 20.0. The molecule has 35 heavy (non-hydrogen) atoms. The first-order valence-electron chi connectivity index (χ1n) is 11.2. The molecule has 180 valence electrons. The van der Waals surface area contributed by atoms with Gasteiger partial charge in [0.2, 0.25) is 6.79 Å². The van der Waals surface area contributed by atoms with E-state index in [0.29, 0.717) is 18.0 Å². The van der Waals surface area contributed by atoms with Crippen LogP contribution in [0.25, 0.3) is 11.2 Å². The lowest BCUT2D eigenvalue weighted by Gasteiger charge is -2.13. The van der Waals surface area contributed by atoms with E-state index in [4.69, 9.17) is 14.2 Å². The second-order valence-corrected chi connectivity index (χ2v) is 8.70. The number of carbonyl (C=O) groups is 1. The molecular weight excluding hydrogens is 452 g/mol. The lowest BCUT2D eigenvalue weighted by atomic mass is 10.2. The van der Waals surface area contributed by atoms with Gasteiger partial charge >= 0.3 is 11.7 Å². The monoisotopic (exact) mass is 476 g/mol. The quantitative estimate of drug-likeness (QED) is 0.298. The Bertz CT molecular complexity index is 1520. The molecule has 1 aliphatic rings. The van der Waals surface area contributed by atoms with E-state index >= 15 is 0 Å². The van der Waals surface area contributed by atoms with Gasteiger partial charge in [-0.2, -0.15) is 0 Å². The van der Waals surface area contributed by atoms with Crippen LogP contribution < -0.4 is 25.5 Å². The highest BCUT2D eigenvalue weighted by molar-refractivity contribution is 5.74. The fraction of sp³-hybridized carbons (Fsp3) is 0.280. The highest BCUT2D eigenvalue weighted by Gasteiger charge is 2.22. The summed E-state index contributed by atoms with van der Waals surface area (Å²) in [5.74, 6) is 0.711. The molecule has 10 nitrogen and oxygen atoms in total. The van der Waals surface area contributed by atoms with Gasteiger partial charge in [0.05, 0.1) is 12.9 Å². The lowest BCUT2D eigenvalue weighted by Crippen LogP contribution is -2.43. The number of hydrogen-bond donors (Lipinski definition) is 0. The number of esters is 1. The fourth-order valence-corrected chi connectivity index (χ4v) is 4.05. The first kappa shape index (κ1) is 22.5. The van der Waals surface area contributed by atoms with Crippen molar-refractivity contribution in [2.45, 2.75) is 33.5 Å². The second kappa shape index (κ2) is 9.13. The predicted molar refractivity (Wildman–Crippen MR) is 127 cm³/mol. The van der Waals surface area contributed by atoms with Crippen molar-refractivity contribution < 1.29 is 19.0 Å². The van der Waals surface area contributed by atoms with E-state index in [9.17, 15) is 14.4 Å². The van der Waals surface area contributed by atoms with Crippen molar-refractivity contribution in [2.75, 3.05) is 6.79 Å². The van der Waals surface area contributed by atoms with E-state index in [1.165, 1.54) is 10.6 Å². The smallest absolute Gasteiger partial charge is 0.333 e. The molecule has 0 aliphatic carbocycles. The van der Waals surface area contributed by atoms with Crippen molar-refractivity contribution in [1.82, 2.24) is 18.7 Å². The molecule has 5 rings (SSSR count). The third kappa shape index (κ3) is 4.42. The summed E-state index contributed by atoms with van der Waals surface area (Å²) in [6, 6.07) is 14.1. The zero-order valence-electron chi connectivity index (χ0n) is 19.3. The molecule has 0 saturated heterocycles. The summed E-state index contributed by atoms with van der Waals surface area (Å²) in [4.78, 5) is 44.0. The number of fused-ring (bicyclic) bond motifs is 2. The van der Waals surface area contributed by atoms with Crippen LogP contribution in [0, 0.1) is 5.92 Å². The molecule has 0 radical (unpaired) electrons. The van der Waals surface area contributed by atoms with Crippen molar-refractivity contribution in [2.24, 2.45) is 5.92 Å². The minimum Gasteiger partial charge on any atom is -0.454 e. The molecular formula is C25H24N4O6. The molecule has 0 bridgehead atoms. The molecule has 0 saturated carbocycles. The van der Waals surface area contributed by atoms with Crippen LogP contribution in [0.15, 0.2) is 64.4 Å².